The van der Waals surface area contributed by atoms with Crippen molar-refractivity contribution in [3.8, 4) is 0 Å². The molecule has 6 N–H and O–H groups in total. The number of hydrogen-bond donors (Lipinski definition) is 6. The highest BCUT2D eigenvalue weighted by Crippen LogP contribution is 2.47. The smallest absolute Gasteiger partial charge is 0.462 e. The number of unbranched alkanes of at least 4 members (excludes halogenated alkanes) is 7. The second-order valence-corrected chi connectivity index (χ2v) is 15.6. The van der Waals surface area contributed by atoms with Gasteiger partial charge in [0.1, 0.15) is 43.2 Å². The maximum absolute atomic E-state index is 12.8. The number of carbonyl (C=O) groups excluding carboxylic acids is 2. The van der Waals surface area contributed by atoms with Gasteiger partial charge >= 0.3 is 19.8 Å². The molecule has 0 aromatic heterocycles. The second kappa shape index (κ2) is 34.5. The monoisotopic (exact) mass is 850 g/mol. The van der Waals surface area contributed by atoms with Crippen molar-refractivity contribution in [1.29, 1.82) is 0 Å². The molecule has 6 unspecified atom stereocenters. The Morgan fingerprint density at radius 2 is 1.00 bits per heavy atom. The largest absolute Gasteiger partial charge is 0.472 e. The van der Waals surface area contributed by atoms with Crippen LogP contribution in [0.2, 0.25) is 0 Å². The fourth-order valence-electron chi connectivity index (χ4n) is 5.64. The molecule has 13 nitrogen and oxygen atoms in total. The van der Waals surface area contributed by atoms with Gasteiger partial charge in [-0.3, -0.25) is 18.6 Å². The highest BCUT2D eigenvalue weighted by atomic mass is 31.2. The topological polar surface area (TPSA) is 210 Å². The summed E-state index contributed by atoms with van der Waals surface area (Å²) in [6.07, 6.45) is 31.8. The molecule has 0 radical (unpaired) electrons. The Morgan fingerprint density at radius 1 is 0.542 bits per heavy atom. The number of aliphatic hydroxyl groups excluding tert-OH is 5. The van der Waals surface area contributed by atoms with Crippen LogP contribution in [0.25, 0.3) is 0 Å². The first kappa shape index (κ1) is 53.8. The molecule has 59 heavy (non-hydrogen) atoms. The first-order valence-electron chi connectivity index (χ1n) is 21.1. The van der Waals surface area contributed by atoms with Crippen LogP contribution in [0, 0.1) is 0 Å². The molecule has 0 amide bonds. The molecule has 0 bridgehead atoms. The lowest BCUT2D eigenvalue weighted by Crippen LogP contribution is -2.64. The predicted octanol–water partition coefficient (Wildman–Crippen LogP) is 7.49. The van der Waals surface area contributed by atoms with Crippen LogP contribution in [0.5, 0.6) is 0 Å². The van der Waals surface area contributed by atoms with E-state index in [0.29, 0.717) is 19.3 Å². The zero-order valence-electron chi connectivity index (χ0n) is 35.0. The van der Waals surface area contributed by atoms with Crippen LogP contribution in [0.15, 0.2) is 97.2 Å². The molecule has 0 aliphatic heterocycles. The first-order valence-corrected chi connectivity index (χ1v) is 22.6. The Kier molecular flexibility index (Phi) is 31.4. The van der Waals surface area contributed by atoms with E-state index in [1.54, 1.807) is 0 Å². The molecule has 0 spiro atoms. The Labute approximate surface area is 351 Å². The van der Waals surface area contributed by atoms with E-state index in [4.69, 9.17) is 18.5 Å². The predicted molar refractivity (Wildman–Crippen MR) is 230 cm³/mol. The summed E-state index contributed by atoms with van der Waals surface area (Å²) in [5, 5.41) is 50.0. The Hall–Kier alpha value is -3.23. The summed E-state index contributed by atoms with van der Waals surface area (Å²) in [5.74, 6) is -1.19. The van der Waals surface area contributed by atoms with Gasteiger partial charge in [0, 0.05) is 12.8 Å². The van der Waals surface area contributed by atoms with Gasteiger partial charge in [0.15, 0.2) is 6.10 Å². The molecule has 1 saturated carbocycles. The highest BCUT2D eigenvalue weighted by Gasteiger charge is 2.51. The number of esters is 2. The maximum Gasteiger partial charge on any atom is 0.472 e. The van der Waals surface area contributed by atoms with Gasteiger partial charge in [0.2, 0.25) is 0 Å². The van der Waals surface area contributed by atoms with E-state index in [9.17, 15) is 44.6 Å². The lowest BCUT2D eigenvalue weighted by Gasteiger charge is -2.41. The van der Waals surface area contributed by atoms with Crippen LogP contribution in [-0.2, 0) is 32.7 Å². The average molecular weight is 851 g/mol. The molecule has 8 atom stereocenters. The van der Waals surface area contributed by atoms with E-state index in [1.807, 2.05) is 42.5 Å². The highest BCUT2D eigenvalue weighted by molar-refractivity contribution is 7.47. The van der Waals surface area contributed by atoms with E-state index in [-0.39, 0.29) is 12.8 Å². The fraction of sp³-hybridized carbons (Fsp3) is 0.600. The van der Waals surface area contributed by atoms with Gasteiger partial charge in [-0.15, -0.1) is 0 Å². The lowest BCUT2D eigenvalue weighted by atomic mass is 9.85. The third kappa shape index (κ3) is 27.3. The van der Waals surface area contributed by atoms with Crippen LogP contribution in [0.3, 0.4) is 0 Å². The van der Waals surface area contributed by atoms with Gasteiger partial charge in [-0.1, -0.05) is 130 Å². The maximum atomic E-state index is 12.8. The number of aliphatic hydroxyl groups is 5. The van der Waals surface area contributed by atoms with Crippen LogP contribution >= 0.6 is 7.82 Å². The molecule has 0 heterocycles. The molecule has 0 aromatic carbocycles. The summed E-state index contributed by atoms with van der Waals surface area (Å²) in [7, 11) is -5.14. The summed E-state index contributed by atoms with van der Waals surface area (Å²) in [6, 6.07) is 0. The third-order valence-electron chi connectivity index (χ3n) is 9.02. The number of phosphoric acid groups is 1. The average Bonchev–Trinajstić information content (AvgIpc) is 3.21. The van der Waals surface area contributed by atoms with Crippen molar-refractivity contribution >= 4 is 19.8 Å². The molecule has 334 valence electrons. The minimum Gasteiger partial charge on any atom is -0.462 e. The van der Waals surface area contributed by atoms with Crippen LogP contribution in [-0.4, -0.2) is 98.3 Å². The van der Waals surface area contributed by atoms with E-state index in [2.05, 4.69) is 68.5 Å². The van der Waals surface area contributed by atoms with Crippen molar-refractivity contribution in [2.24, 2.45) is 0 Å². The number of ether oxygens (including phenoxy) is 2. The van der Waals surface area contributed by atoms with Crippen molar-refractivity contribution < 1.29 is 63.1 Å². The quantitative estimate of drug-likeness (QED) is 0.0128. The Balaban J connectivity index is 2.56. The SMILES string of the molecule is CC/C=C/C=C/C=C/C=C/CCCCCCCC(=O)OC[C@H](COP(=O)(O)OC1C(O)C(O)C(O)[C@@H](O)C1O)OC(=O)CCCC/C=C/C/C=C/C/C=C/C/C=C/CC. The normalized spacial score (nSPS) is 23.3. The van der Waals surface area contributed by atoms with Crippen molar-refractivity contribution in [3.63, 3.8) is 0 Å². The Morgan fingerprint density at radius 3 is 1.63 bits per heavy atom. The number of allylic oxidation sites excluding steroid dienone is 16. The van der Waals surface area contributed by atoms with Crippen molar-refractivity contribution in [3.05, 3.63) is 97.2 Å². The van der Waals surface area contributed by atoms with Gasteiger partial charge < -0.3 is 39.9 Å². The minimum absolute atomic E-state index is 0.0323. The first-order chi connectivity index (χ1) is 28.4. The molecular weight excluding hydrogens is 779 g/mol. The van der Waals surface area contributed by atoms with Crippen molar-refractivity contribution in [2.45, 2.75) is 159 Å². The lowest BCUT2D eigenvalue weighted by molar-refractivity contribution is -0.220. The minimum atomic E-state index is -5.14. The van der Waals surface area contributed by atoms with Gasteiger partial charge in [-0.25, -0.2) is 4.57 Å². The zero-order chi connectivity index (χ0) is 43.6. The van der Waals surface area contributed by atoms with Gasteiger partial charge in [-0.05, 0) is 70.6 Å². The van der Waals surface area contributed by atoms with E-state index >= 15 is 0 Å². The molecule has 1 fully saturated rings. The zero-order valence-corrected chi connectivity index (χ0v) is 35.9. The summed E-state index contributed by atoms with van der Waals surface area (Å²) in [5.41, 5.74) is 0. The number of hydrogen-bond acceptors (Lipinski definition) is 12. The number of carbonyl (C=O) groups is 2. The van der Waals surface area contributed by atoms with Crippen LogP contribution < -0.4 is 0 Å². The molecule has 1 rings (SSSR count). The fourth-order valence-corrected chi connectivity index (χ4v) is 6.61. The van der Waals surface area contributed by atoms with Crippen molar-refractivity contribution in [2.75, 3.05) is 13.2 Å². The summed E-state index contributed by atoms with van der Waals surface area (Å²) in [6.45, 7) is 2.95. The van der Waals surface area contributed by atoms with Gasteiger partial charge in [0.25, 0.3) is 0 Å². The standard InChI is InChI=1S/C45H71O13P/c1-3-5-7-9-11-13-15-17-19-21-23-25-27-29-31-33-38(46)55-35-37(36-56-59(53,54)58-45-43(51)41(49)40(48)42(50)44(45)52)57-39(47)34-32-30-28-26-24-22-20-18-16-14-12-10-8-6-4-2/h5-9,11-15,17-20,24,26,37,40-45,48-52H,3-4,10,16,21-23,25,27-36H2,1-2H3,(H,53,54)/b7-5+,8-6+,11-9+,14-12+,15-13+,19-17+,20-18+,26-24+/t37-,40?,41-,42?,43?,44?,45?/m1/s1. The third-order valence-corrected chi connectivity index (χ3v) is 10.0. The molecule has 14 heteroatoms. The molecule has 0 saturated heterocycles. The summed E-state index contributed by atoms with van der Waals surface area (Å²) < 4.78 is 33.4. The van der Waals surface area contributed by atoms with E-state index < -0.39 is 75.7 Å². The van der Waals surface area contributed by atoms with E-state index in [1.165, 1.54) is 0 Å². The van der Waals surface area contributed by atoms with E-state index in [0.717, 1.165) is 70.6 Å². The van der Waals surface area contributed by atoms with Crippen LogP contribution in [0.4, 0.5) is 0 Å². The summed E-state index contributed by atoms with van der Waals surface area (Å²) >= 11 is 0. The number of phosphoric ester groups is 1. The number of rotatable bonds is 32. The molecule has 0 aromatic rings. The van der Waals surface area contributed by atoms with Gasteiger partial charge in [0.05, 0.1) is 6.61 Å². The van der Waals surface area contributed by atoms with Crippen LogP contribution in [0.1, 0.15) is 117 Å². The molecule has 1 aliphatic rings. The molecule has 1 aliphatic carbocycles. The molecular formula is C45H71O13P. The summed E-state index contributed by atoms with van der Waals surface area (Å²) in [4.78, 5) is 35.6. The van der Waals surface area contributed by atoms with Gasteiger partial charge in [-0.2, -0.15) is 0 Å². The van der Waals surface area contributed by atoms with Crippen molar-refractivity contribution in [1.82, 2.24) is 0 Å². The Bertz CT molecular complexity index is 1400. The second-order valence-electron chi connectivity index (χ2n) is 14.2.